The second-order valence-electron chi connectivity index (χ2n) is 4.64. The van der Waals surface area contributed by atoms with Crippen molar-refractivity contribution >= 4 is 5.91 Å². The molecule has 4 nitrogen and oxygen atoms in total. The maximum absolute atomic E-state index is 11.6. The lowest BCUT2D eigenvalue weighted by molar-refractivity contribution is -0.128. The summed E-state index contributed by atoms with van der Waals surface area (Å²) < 4.78 is 4.95. The van der Waals surface area contributed by atoms with Crippen LogP contribution >= 0.6 is 0 Å². The second kappa shape index (κ2) is 4.96. The molecule has 0 bridgehead atoms. The van der Waals surface area contributed by atoms with E-state index in [2.05, 4.69) is 10.3 Å². The lowest BCUT2D eigenvalue weighted by Gasteiger charge is -2.17. The van der Waals surface area contributed by atoms with Crippen LogP contribution in [0.25, 0.3) is 0 Å². The van der Waals surface area contributed by atoms with E-state index in [9.17, 15) is 4.79 Å². The summed E-state index contributed by atoms with van der Waals surface area (Å²) in [5.41, 5.74) is 0.596. The van der Waals surface area contributed by atoms with Crippen molar-refractivity contribution in [3.05, 3.63) is 23.9 Å². The minimum absolute atomic E-state index is 0.0309. The number of hydrogen-bond donors (Lipinski definition) is 1. The number of carbonyl (C=O) groups is 1. The van der Waals surface area contributed by atoms with Crippen molar-refractivity contribution in [1.82, 2.24) is 10.3 Å². The van der Waals surface area contributed by atoms with Crippen LogP contribution in [-0.2, 0) is 11.3 Å². The zero-order valence-electron chi connectivity index (χ0n) is 10.2. The molecule has 0 aliphatic rings. The van der Waals surface area contributed by atoms with E-state index in [0.29, 0.717) is 12.4 Å². The van der Waals surface area contributed by atoms with Crippen LogP contribution in [0.2, 0.25) is 0 Å². The molecule has 0 saturated heterocycles. The normalized spacial score (nSPS) is 11.0. The summed E-state index contributed by atoms with van der Waals surface area (Å²) >= 11 is 0. The van der Waals surface area contributed by atoms with Gasteiger partial charge in [-0.1, -0.05) is 26.8 Å². The molecule has 1 amide bonds. The van der Waals surface area contributed by atoms with Crippen molar-refractivity contribution in [2.75, 3.05) is 7.11 Å². The van der Waals surface area contributed by atoms with Gasteiger partial charge in [-0.3, -0.25) is 4.79 Å². The SMILES string of the molecule is COc1ccc(CNC(=O)C(C)(C)C)cn1. The van der Waals surface area contributed by atoms with Crippen molar-refractivity contribution in [2.24, 2.45) is 5.41 Å². The first-order valence-corrected chi connectivity index (χ1v) is 5.20. The van der Waals surface area contributed by atoms with Gasteiger partial charge in [0, 0.05) is 24.2 Å². The molecule has 1 rings (SSSR count). The summed E-state index contributed by atoms with van der Waals surface area (Å²) in [5.74, 6) is 0.606. The van der Waals surface area contributed by atoms with Crippen molar-refractivity contribution in [1.29, 1.82) is 0 Å². The molecule has 88 valence electrons. The monoisotopic (exact) mass is 222 g/mol. The second-order valence-corrected chi connectivity index (χ2v) is 4.64. The van der Waals surface area contributed by atoms with Gasteiger partial charge in [0.05, 0.1) is 7.11 Å². The van der Waals surface area contributed by atoms with Crippen LogP contribution in [0.15, 0.2) is 18.3 Å². The van der Waals surface area contributed by atoms with E-state index in [1.807, 2.05) is 26.8 Å². The van der Waals surface area contributed by atoms with Crippen LogP contribution in [0.3, 0.4) is 0 Å². The lowest BCUT2D eigenvalue weighted by Crippen LogP contribution is -2.34. The zero-order valence-corrected chi connectivity index (χ0v) is 10.2. The molecule has 0 aliphatic heterocycles. The molecular formula is C12H18N2O2. The van der Waals surface area contributed by atoms with Gasteiger partial charge in [0.15, 0.2) is 0 Å². The Morgan fingerprint density at radius 2 is 2.12 bits per heavy atom. The molecule has 1 aromatic rings. The molecule has 4 heteroatoms. The van der Waals surface area contributed by atoms with Crippen molar-refractivity contribution < 1.29 is 9.53 Å². The quantitative estimate of drug-likeness (QED) is 0.847. The number of hydrogen-bond acceptors (Lipinski definition) is 3. The number of carbonyl (C=O) groups excluding carboxylic acids is 1. The first kappa shape index (κ1) is 12.5. The smallest absolute Gasteiger partial charge is 0.225 e. The number of aromatic nitrogens is 1. The van der Waals surface area contributed by atoms with Crippen LogP contribution in [0.5, 0.6) is 5.88 Å². The molecule has 16 heavy (non-hydrogen) atoms. The number of nitrogens with one attached hydrogen (secondary N) is 1. The first-order chi connectivity index (χ1) is 7.43. The first-order valence-electron chi connectivity index (χ1n) is 5.20. The Hall–Kier alpha value is -1.58. The molecule has 0 unspecified atom stereocenters. The lowest BCUT2D eigenvalue weighted by atomic mass is 9.96. The average Bonchev–Trinajstić information content (AvgIpc) is 2.25. The summed E-state index contributed by atoms with van der Waals surface area (Å²) in [6, 6.07) is 3.66. The Balaban J connectivity index is 2.52. The molecular weight excluding hydrogens is 204 g/mol. The Bertz CT molecular complexity index is 352. The molecule has 0 saturated carbocycles. The highest BCUT2D eigenvalue weighted by molar-refractivity contribution is 5.81. The standard InChI is InChI=1S/C12H18N2O2/c1-12(2,3)11(15)14-8-9-5-6-10(16-4)13-7-9/h5-7H,8H2,1-4H3,(H,14,15). The van der Waals surface area contributed by atoms with Crippen molar-refractivity contribution in [3.63, 3.8) is 0 Å². The fourth-order valence-corrected chi connectivity index (χ4v) is 1.08. The van der Waals surface area contributed by atoms with Gasteiger partial charge in [-0.25, -0.2) is 4.98 Å². The van der Waals surface area contributed by atoms with Gasteiger partial charge in [-0.05, 0) is 5.56 Å². The van der Waals surface area contributed by atoms with Gasteiger partial charge in [-0.15, -0.1) is 0 Å². The summed E-state index contributed by atoms with van der Waals surface area (Å²) in [4.78, 5) is 15.7. The van der Waals surface area contributed by atoms with E-state index < -0.39 is 0 Å². The predicted octanol–water partition coefficient (Wildman–Crippen LogP) is 1.75. The van der Waals surface area contributed by atoms with E-state index in [-0.39, 0.29) is 11.3 Å². The Morgan fingerprint density at radius 3 is 2.56 bits per heavy atom. The highest BCUT2D eigenvalue weighted by Gasteiger charge is 2.20. The maximum atomic E-state index is 11.6. The minimum atomic E-state index is -0.361. The highest BCUT2D eigenvalue weighted by Crippen LogP contribution is 2.13. The van der Waals surface area contributed by atoms with E-state index in [1.54, 1.807) is 19.4 Å². The van der Waals surface area contributed by atoms with E-state index in [0.717, 1.165) is 5.56 Å². The van der Waals surface area contributed by atoms with Crippen LogP contribution in [0.4, 0.5) is 0 Å². The number of methoxy groups -OCH3 is 1. The Morgan fingerprint density at radius 1 is 1.44 bits per heavy atom. The van der Waals surface area contributed by atoms with Gasteiger partial charge in [0.2, 0.25) is 11.8 Å². The Kier molecular flexibility index (Phi) is 3.88. The van der Waals surface area contributed by atoms with Crippen LogP contribution in [0.1, 0.15) is 26.3 Å². The number of pyridine rings is 1. The summed E-state index contributed by atoms with van der Waals surface area (Å²) in [6.07, 6.45) is 1.70. The summed E-state index contributed by atoms with van der Waals surface area (Å²) in [7, 11) is 1.57. The summed E-state index contributed by atoms with van der Waals surface area (Å²) in [5, 5.41) is 2.86. The van der Waals surface area contributed by atoms with Gasteiger partial charge in [0.25, 0.3) is 0 Å². The van der Waals surface area contributed by atoms with E-state index >= 15 is 0 Å². The maximum Gasteiger partial charge on any atom is 0.225 e. The van der Waals surface area contributed by atoms with Crippen molar-refractivity contribution in [3.8, 4) is 5.88 Å². The number of nitrogens with zero attached hydrogens (tertiary/aromatic N) is 1. The average molecular weight is 222 g/mol. The molecule has 0 fully saturated rings. The van der Waals surface area contributed by atoms with Crippen LogP contribution in [0, 0.1) is 5.41 Å². The number of amides is 1. The Labute approximate surface area is 96.0 Å². The topological polar surface area (TPSA) is 51.2 Å². The predicted molar refractivity (Wildman–Crippen MR) is 62.1 cm³/mol. The third kappa shape index (κ3) is 3.53. The molecule has 0 aromatic carbocycles. The van der Waals surface area contributed by atoms with Gasteiger partial charge in [0.1, 0.15) is 0 Å². The van der Waals surface area contributed by atoms with E-state index in [4.69, 9.17) is 4.74 Å². The summed E-state index contributed by atoms with van der Waals surface area (Å²) in [6.45, 7) is 6.14. The molecule has 0 spiro atoms. The largest absolute Gasteiger partial charge is 0.481 e. The van der Waals surface area contributed by atoms with Gasteiger partial charge in [-0.2, -0.15) is 0 Å². The zero-order chi connectivity index (χ0) is 12.2. The van der Waals surface area contributed by atoms with Gasteiger partial charge >= 0.3 is 0 Å². The van der Waals surface area contributed by atoms with Crippen LogP contribution in [-0.4, -0.2) is 18.0 Å². The molecule has 0 atom stereocenters. The molecule has 0 aliphatic carbocycles. The van der Waals surface area contributed by atoms with Crippen LogP contribution < -0.4 is 10.1 Å². The number of rotatable bonds is 3. The number of ether oxygens (including phenoxy) is 1. The fraction of sp³-hybridized carbons (Fsp3) is 0.500. The van der Waals surface area contributed by atoms with E-state index in [1.165, 1.54) is 0 Å². The molecule has 0 radical (unpaired) electrons. The minimum Gasteiger partial charge on any atom is -0.481 e. The molecule has 1 heterocycles. The molecule has 1 aromatic heterocycles. The highest BCUT2D eigenvalue weighted by atomic mass is 16.5. The third-order valence-electron chi connectivity index (χ3n) is 2.14. The van der Waals surface area contributed by atoms with Gasteiger partial charge < -0.3 is 10.1 Å². The fourth-order valence-electron chi connectivity index (χ4n) is 1.08. The van der Waals surface area contributed by atoms with Crippen molar-refractivity contribution in [2.45, 2.75) is 27.3 Å². The molecule has 1 N–H and O–H groups in total. The third-order valence-corrected chi connectivity index (χ3v) is 2.14.